The summed E-state index contributed by atoms with van der Waals surface area (Å²) in [6.45, 7) is 3.53. The third-order valence-corrected chi connectivity index (χ3v) is 3.07. The molecule has 0 aliphatic rings. The fourth-order valence-electron chi connectivity index (χ4n) is 2.08. The molecular formula is C17H16F3NO2. The van der Waals surface area contributed by atoms with Crippen LogP contribution in [0, 0.1) is 0 Å². The Morgan fingerprint density at radius 3 is 2.13 bits per heavy atom. The first-order valence-corrected chi connectivity index (χ1v) is 6.75. The number of benzene rings is 2. The number of hydrogen-bond donors (Lipinski definition) is 0. The number of nitrogens with zero attached hydrogens (tertiary/aromatic N) is 1. The molecule has 0 saturated carbocycles. The van der Waals surface area contributed by atoms with E-state index >= 15 is 0 Å². The van der Waals surface area contributed by atoms with Gasteiger partial charge in [0, 0.05) is 14.1 Å². The molecule has 0 aliphatic carbocycles. The second-order valence-electron chi connectivity index (χ2n) is 4.93. The first kappa shape index (κ1) is 16.7. The van der Waals surface area contributed by atoms with Crippen molar-refractivity contribution in [1.29, 1.82) is 0 Å². The van der Waals surface area contributed by atoms with E-state index in [1.54, 1.807) is 18.2 Å². The van der Waals surface area contributed by atoms with E-state index in [0.717, 1.165) is 16.8 Å². The van der Waals surface area contributed by atoms with Crippen LogP contribution in [0.5, 0.6) is 11.5 Å². The van der Waals surface area contributed by atoms with Gasteiger partial charge in [-0.1, -0.05) is 24.8 Å². The molecule has 0 aliphatic heterocycles. The van der Waals surface area contributed by atoms with Gasteiger partial charge in [0.1, 0.15) is 11.5 Å². The van der Waals surface area contributed by atoms with Crippen LogP contribution < -0.4 is 14.4 Å². The molecule has 0 N–H and O–H groups in total. The number of alkyl halides is 3. The second-order valence-corrected chi connectivity index (χ2v) is 4.93. The monoisotopic (exact) mass is 323 g/mol. The molecule has 2 rings (SSSR count). The van der Waals surface area contributed by atoms with E-state index in [4.69, 9.17) is 4.74 Å². The van der Waals surface area contributed by atoms with Crippen molar-refractivity contribution in [1.82, 2.24) is 0 Å². The topological polar surface area (TPSA) is 21.7 Å². The highest BCUT2D eigenvalue weighted by molar-refractivity contribution is 5.72. The average molecular weight is 323 g/mol. The molecule has 0 radical (unpaired) electrons. The van der Waals surface area contributed by atoms with E-state index in [9.17, 15) is 13.2 Å². The van der Waals surface area contributed by atoms with Gasteiger partial charge in [-0.3, -0.25) is 0 Å². The average Bonchev–Trinajstić information content (AvgIpc) is 2.47. The summed E-state index contributed by atoms with van der Waals surface area (Å²) in [7, 11) is 3.74. The van der Waals surface area contributed by atoms with E-state index in [-0.39, 0.29) is 5.75 Å². The Morgan fingerprint density at radius 1 is 1.00 bits per heavy atom. The predicted octanol–water partition coefficient (Wildman–Crippen LogP) is 4.84. The Hall–Kier alpha value is -2.63. The number of ether oxygens (including phenoxy) is 2. The Kier molecular flexibility index (Phi) is 4.83. The lowest BCUT2D eigenvalue weighted by Crippen LogP contribution is -2.16. The van der Waals surface area contributed by atoms with Gasteiger partial charge in [0.15, 0.2) is 0 Å². The largest absolute Gasteiger partial charge is 0.573 e. The highest BCUT2D eigenvalue weighted by Crippen LogP contribution is 2.33. The van der Waals surface area contributed by atoms with Gasteiger partial charge in [0.05, 0.1) is 11.9 Å². The molecule has 0 atom stereocenters. The minimum atomic E-state index is -4.69. The van der Waals surface area contributed by atoms with Crippen molar-refractivity contribution in [2.75, 3.05) is 19.0 Å². The maximum Gasteiger partial charge on any atom is 0.573 e. The van der Waals surface area contributed by atoms with Crippen molar-refractivity contribution in [2.45, 2.75) is 6.36 Å². The molecule has 2 aromatic carbocycles. The zero-order valence-electron chi connectivity index (χ0n) is 12.7. The zero-order chi connectivity index (χ0) is 17.0. The van der Waals surface area contributed by atoms with Crippen LogP contribution >= 0.6 is 0 Å². The van der Waals surface area contributed by atoms with E-state index in [1.165, 1.54) is 18.4 Å². The van der Waals surface area contributed by atoms with Crippen molar-refractivity contribution < 1.29 is 22.6 Å². The summed E-state index contributed by atoms with van der Waals surface area (Å²) in [5.74, 6) is 0.395. The summed E-state index contributed by atoms with van der Waals surface area (Å²) in [6, 6.07) is 11.2. The lowest BCUT2D eigenvalue weighted by atomic mass is 10.0. The maximum atomic E-state index is 12.2. The first-order valence-electron chi connectivity index (χ1n) is 6.75. The number of anilines is 1. The summed E-state index contributed by atoms with van der Waals surface area (Å²) < 4.78 is 45.7. The van der Waals surface area contributed by atoms with Crippen molar-refractivity contribution in [2.24, 2.45) is 0 Å². The van der Waals surface area contributed by atoms with Gasteiger partial charge in [-0.05, 0) is 35.4 Å². The Bertz CT molecular complexity index is 679. The second kappa shape index (κ2) is 6.64. The summed E-state index contributed by atoms with van der Waals surface area (Å²) in [6.07, 6.45) is -3.35. The Morgan fingerprint density at radius 2 is 1.61 bits per heavy atom. The molecule has 0 amide bonds. The minimum Gasteiger partial charge on any atom is -0.463 e. The molecule has 0 bridgehead atoms. The van der Waals surface area contributed by atoms with Gasteiger partial charge in [-0.2, -0.15) is 0 Å². The van der Waals surface area contributed by atoms with Crippen LogP contribution in [0.2, 0.25) is 0 Å². The van der Waals surface area contributed by atoms with Crippen LogP contribution in [0.25, 0.3) is 11.1 Å². The lowest BCUT2D eigenvalue weighted by Gasteiger charge is -2.18. The fraction of sp³-hybridized carbons (Fsp3) is 0.176. The van der Waals surface area contributed by atoms with Crippen LogP contribution in [0.3, 0.4) is 0 Å². The molecule has 6 heteroatoms. The Balaban J connectivity index is 2.31. The SMILES string of the molecule is C=COc1ccc(-c2ccc(OC(F)(F)F)cc2)cc1N(C)C. The van der Waals surface area contributed by atoms with Gasteiger partial charge in [-0.15, -0.1) is 13.2 Å². The third-order valence-electron chi connectivity index (χ3n) is 3.07. The Labute approximate surface area is 132 Å². The molecule has 122 valence electrons. The maximum absolute atomic E-state index is 12.2. The van der Waals surface area contributed by atoms with E-state index in [2.05, 4.69) is 11.3 Å². The molecular weight excluding hydrogens is 307 g/mol. The molecule has 0 spiro atoms. The molecule has 3 nitrogen and oxygen atoms in total. The molecule has 0 aromatic heterocycles. The van der Waals surface area contributed by atoms with Crippen molar-refractivity contribution >= 4 is 5.69 Å². The molecule has 23 heavy (non-hydrogen) atoms. The fourth-order valence-corrected chi connectivity index (χ4v) is 2.08. The summed E-state index contributed by atoms with van der Waals surface area (Å²) in [5.41, 5.74) is 2.45. The molecule has 2 aromatic rings. The van der Waals surface area contributed by atoms with Crippen LogP contribution in [0.4, 0.5) is 18.9 Å². The smallest absolute Gasteiger partial charge is 0.463 e. The third kappa shape index (κ3) is 4.42. The van der Waals surface area contributed by atoms with Crippen LogP contribution in [0.15, 0.2) is 55.3 Å². The normalized spacial score (nSPS) is 11.0. The number of hydrogen-bond acceptors (Lipinski definition) is 3. The first-order chi connectivity index (χ1) is 10.8. The highest BCUT2D eigenvalue weighted by Gasteiger charge is 2.30. The summed E-state index contributed by atoms with van der Waals surface area (Å²) in [5, 5.41) is 0. The summed E-state index contributed by atoms with van der Waals surface area (Å²) in [4.78, 5) is 1.88. The standard InChI is InChI=1S/C17H16F3NO2/c1-4-22-16-10-7-13(11-15(16)21(2)3)12-5-8-14(9-6-12)23-17(18,19)20/h4-11H,1H2,2-3H3. The van der Waals surface area contributed by atoms with Gasteiger partial charge >= 0.3 is 6.36 Å². The summed E-state index contributed by atoms with van der Waals surface area (Å²) >= 11 is 0. The van der Waals surface area contributed by atoms with Gasteiger partial charge in [-0.25, -0.2) is 0 Å². The molecule has 0 heterocycles. The van der Waals surface area contributed by atoms with Gasteiger partial charge < -0.3 is 14.4 Å². The number of halogens is 3. The van der Waals surface area contributed by atoms with E-state index in [1.807, 2.05) is 31.1 Å². The van der Waals surface area contributed by atoms with Crippen LogP contribution in [0.1, 0.15) is 0 Å². The van der Waals surface area contributed by atoms with Gasteiger partial charge in [0.25, 0.3) is 0 Å². The number of rotatable bonds is 5. The predicted molar refractivity (Wildman–Crippen MR) is 83.7 cm³/mol. The van der Waals surface area contributed by atoms with Crippen LogP contribution in [-0.2, 0) is 0 Å². The van der Waals surface area contributed by atoms with Crippen molar-refractivity contribution in [3.63, 3.8) is 0 Å². The molecule has 0 saturated heterocycles. The van der Waals surface area contributed by atoms with E-state index < -0.39 is 6.36 Å². The highest BCUT2D eigenvalue weighted by atomic mass is 19.4. The van der Waals surface area contributed by atoms with Crippen molar-refractivity contribution in [3.8, 4) is 22.6 Å². The van der Waals surface area contributed by atoms with E-state index in [0.29, 0.717) is 5.75 Å². The minimum absolute atomic E-state index is 0.249. The lowest BCUT2D eigenvalue weighted by molar-refractivity contribution is -0.274. The van der Waals surface area contributed by atoms with Crippen LogP contribution in [-0.4, -0.2) is 20.5 Å². The quantitative estimate of drug-likeness (QED) is 0.735. The van der Waals surface area contributed by atoms with Crippen molar-refractivity contribution in [3.05, 3.63) is 55.3 Å². The zero-order valence-corrected chi connectivity index (χ0v) is 12.7. The molecule has 0 unspecified atom stereocenters. The molecule has 0 fully saturated rings. The van der Waals surface area contributed by atoms with Gasteiger partial charge in [0.2, 0.25) is 0 Å².